The number of H-pyrrole nitrogens is 1. The molecular formula is C23H23ClN4O2. The van der Waals surface area contributed by atoms with E-state index in [0.29, 0.717) is 28.3 Å². The zero-order valence-electron chi connectivity index (χ0n) is 17.0. The molecule has 4 aromatic rings. The Morgan fingerprint density at radius 2 is 2.00 bits per heavy atom. The normalized spacial score (nSPS) is 11.3. The summed E-state index contributed by atoms with van der Waals surface area (Å²) in [5.41, 5.74) is 2.36. The predicted octanol–water partition coefficient (Wildman–Crippen LogP) is 4.28. The fourth-order valence-corrected chi connectivity index (χ4v) is 3.94. The van der Waals surface area contributed by atoms with E-state index in [-0.39, 0.29) is 24.6 Å². The number of aryl methyl sites for hydroxylation is 1. The van der Waals surface area contributed by atoms with Gasteiger partial charge in [-0.15, -0.1) is 0 Å². The number of nitrogens with zero attached hydrogens (tertiary/aromatic N) is 3. The number of para-hydroxylation sites is 1. The number of carbonyl (C=O) groups excluding carboxylic acids is 1. The van der Waals surface area contributed by atoms with E-state index in [2.05, 4.69) is 16.0 Å². The van der Waals surface area contributed by atoms with Crippen molar-refractivity contribution in [3.8, 4) is 0 Å². The second-order valence-electron chi connectivity index (χ2n) is 7.42. The van der Waals surface area contributed by atoms with Gasteiger partial charge in [-0.1, -0.05) is 36.7 Å². The second kappa shape index (κ2) is 8.32. The lowest BCUT2D eigenvalue weighted by Gasteiger charge is -2.22. The standard InChI is InChI=1S/C23H23ClN4O2/c1-3-10-27(13-21-25-19-12-17(24)8-9-18(19)23(30)26-21)22(29)14-28-15(2)11-16-6-4-5-7-20(16)28/h4-9,11-12H,3,10,13-14H2,1-2H3,(H,25,26,30). The molecular weight excluding hydrogens is 400 g/mol. The van der Waals surface area contributed by atoms with Crippen LogP contribution in [0.4, 0.5) is 0 Å². The quantitative estimate of drug-likeness (QED) is 0.504. The molecule has 0 aliphatic rings. The molecule has 2 aromatic heterocycles. The number of benzene rings is 2. The summed E-state index contributed by atoms with van der Waals surface area (Å²) in [7, 11) is 0. The third-order valence-electron chi connectivity index (χ3n) is 5.22. The fraction of sp³-hybridized carbons (Fsp3) is 0.261. The summed E-state index contributed by atoms with van der Waals surface area (Å²) in [5, 5.41) is 2.11. The number of nitrogens with one attached hydrogen (secondary N) is 1. The van der Waals surface area contributed by atoms with Gasteiger partial charge < -0.3 is 14.5 Å². The summed E-state index contributed by atoms with van der Waals surface area (Å²) in [4.78, 5) is 34.7. The Morgan fingerprint density at radius 3 is 2.80 bits per heavy atom. The van der Waals surface area contributed by atoms with Crippen molar-refractivity contribution < 1.29 is 4.79 Å². The van der Waals surface area contributed by atoms with Crippen molar-refractivity contribution in [1.29, 1.82) is 0 Å². The Hall–Kier alpha value is -3.12. The van der Waals surface area contributed by atoms with Gasteiger partial charge in [-0.3, -0.25) is 9.59 Å². The maximum Gasteiger partial charge on any atom is 0.258 e. The molecule has 0 aliphatic heterocycles. The van der Waals surface area contributed by atoms with Crippen LogP contribution in [0.2, 0.25) is 5.02 Å². The zero-order valence-corrected chi connectivity index (χ0v) is 17.7. The largest absolute Gasteiger partial charge is 0.335 e. The van der Waals surface area contributed by atoms with Crippen LogP contribution < -0.4 is 5.56 Å². The van der Waals surface area contributed by atoms with E-state index in [1.807, 2.05) is 42.7 Å². The van der Waals surface area contributed by atoms with Gasteiger partial charge in [-0.25, -0.2) is 4.98 Å². The number of rotatable bonds is 6. The minimum absolute atomic E-state index is 0.0184. The molecule has 4 rings (SSSR count). The highest BCUT2D eigenvalue weighted by Crippen LogP contribution is 2.20. The number of carbonyl (C=O) groups is 1. The average Bonchev–Trinajstić information content (AvgIpc) is 3.02. The summed E-state index contributed by atoms with van der Waals surface area (Å²) in [5.74, 6) is 0.431. The van der Waals surface area contributed by atoms with E-state index >= 15 is 0 Å². The van der Waals surface area contributed by atoms with Crippen LogP contribution in [-0.2, 0) is 17.9 Å². The number of amides is 1. The fourth-order valence-electron chi connectivity index (χ4n) is 3.77. The van der Waals surface area contributed by atoms with Gasteiger partial charge in [0.25, 0.3) is 5.56 Å². The average molecular weight is 423 g/mol. The molecule has 0 radical (unpaired) electrons. The van der Waals surface area contributed by atoms with Crippen molar-refractivity contribution in [2.24, 2.45) is 0 Å². The Balaban J connectivity index is 1.62. The smallest absolute Gasteiger partial charge is 0.258 e. The third kappa shape index (κ3) is 3.96. The van der Waals surface area contributed by atoms with Gasteiger partial charge in [-0.2, -0.15) is 0 Å². The number of aromatic nitrogens is 3. The highest BCUT2D eigenvalue weighted by Gasteiger charge is 2.18. The number of hydrogen-bond acceptors (Lipinski definition) is 3. The van der Waals surface area contributed by atoms with Gasteiger partial charge in [0.1, 0.15) is 12.4 Å². The zero-order chi connectivity index (χ0) is 21.3. The molecule has 0 bridgehead atoms. The molecule has 1 N–H and O–H groups in total. The molecule has 7 heteroatoms. The van der Waals surface area contributed by atoms with E-state index in [9.17, 15) is 9.59 Å². The number of aromatic amines is 1. The molecule has 0 saturated heterocycles. The van der Waals surface area contributed by atoms with Crippen LogP contribution in [0.5, 0.6) is 0 Å². The summed E-state index contributed by atoms with van der Waals surface area (Å²) < 4.78 is 2.02. The Kier molecular flexibility index (Phi) is 5.59. The van der Waals surface area contributed by atoms with E-state index in [1.54, 1.807) is 23.1 Å². The third-order valence-corrected chi connectivity index (χ3v) is 5.45. The van der Waals surface area contributed by atoms with Crippen molar-refractivity contribution in [2.45, 2.75) is 33.4 Å². The first-order valence-electron chi connectivity index (χ1n) is 9.97. The van der Waals surface area contributed by atoms with Crippen molar-refractivity contribution in [3.63, 3.8) is 0 Å². The van der Waals surface area contributed by atoms with Crippen LogP contribution in [0.1, 0.15) is 24.9 Å². The molecule has 0 fully saturated rings. The number of fused-ring (bicyclic) bond motifs is 2. The van der Waals surface area contributed by atoms with Gasteiger partial charge in [0.05, 0.1) is 17.4 Å². The summed E-state index contributed by atoms with van der Waals surface area (Å²) >= 11 is 6.05. The Bertz CT molecular complexity index is 1290. The maximum absolute atomic E-state index is 13.2. The van der Waals surface area contributed by atoms with Gasteiger partial charge in [0, 0.05) is 22.8 Å². The molecule has 0 spiro atoms. The first-order valence-corrected chi connectivity index (χ1v) is 10.3. The van der Waals surface area contributed by atoms with Crippen molar-refractivity contribution >= 4 is 39.3 Å². The summed E-state index contributed by atoms with van der Waals surface area (Å²) in [6.07, 6.45) is 0.806. The van der Waals surface area contributed by atoms with Crippen LogP contribution >= 0.6 is 11.6 Å². The molecule has 0 atom stereocenters. The van der Waals surface area contributed by atoms with Gasteiger partial charge in [-0.05, 0) is 49.1 Å². The predicted molar refractivity (Wildman–Crippen MR) is 120 cm³/mol. The van der Waals surface area contributed by atoms with E-state index in [1.165, 1.54) is 0 Å². The van der Waals surface area contributed by atoms with Crippen LogP contribution in [0.25, 0.3) is 21.8 Å². The summed E-state index contributed by atoms with van der Waals surface area (Å²) in [6, 6.07) is 15.1. The van der Waals surface area contributed by atoms with Gasteiger partial charge >= 0.3 is 0 Å². The lowest BCUT2D eigenvalue weighted by Crippen LogP contribution is -2.35. The van der Waals surface area contributed by atoms with Gasteiger partial charge in [0.15, 0.2) is 0 Å². The SMILES string of the molecule is CCCN(Cc1nc2cc(Cl)ccc2c(=O)[nH]1)C(=O)Cn1c(C)cc2ccccc21. The minimum Gasteiger partial charge on any atom is -0.335 e. The highest BCUT2D eigenvalue weighted by molar-refractivity contribution is 6.31. The van der Waals surface area contributed by atoms with Gasteiger partial charge in [0.2, 0.25) is 5.91 Å². The molecule has 2 aromatic carbocycles. The molecule has 6 nitrogen and oxygen atoms in total. The van der Waals surface area contributed by atoms with Crippen molar-refractivity contribution in [1.82, 2.24) is 19.4 Å². The van der Waals surface area contributed by atoms with Crippen molar-refractivity contribution in [2.75, 3.05) is 6.54 Å². The Morgan fingerprint density at radius 1 is 1.20 bits per heavy atom. The number of hydrogen-bond donors (Lipinski definition) is 1. The number of halogens is 1. The Labute approximate surface area is 179 Å². The molecule has 0 unspecified atom stereocenters. The topological polar surface area (TPSA) is 71.0 Å². The van der Waals surface area contributed by atoms with Crippen LogP contribution in [0.15, 0.2) is 53.3 Å². The summed E-state index contributed by atoms with van der Waals surface area (Å²) in [6.45, 7) is 5.08. The van der Waals surface area contributed by atoms with Crippen molar-refractivity contribution in [3.05, 3.63) is 75.4 Å². The molecule has 0 saturated carbocycles. The lowest BCUT2D eigenvalue weighted by atomic mass is 10.2. The lowest BCUT2D eigenvalue weighted by molar-refractivity contribution is -0.132. The molecule has 2 heterocycles. The van der Waals surface area contributed by atoms with E-state index in [0.717, 1.165) is 23.0 Å². The highest BCUT2D eigenvalue weighted by atomic mass is 35.5. The first kappa shape index (κ1) is 20.2. The van der Waals surface area contributed by atoms with E-state index in [4.69, 9.17) is 11.6 Å². The molecule has 0 aliphatic carbocycles. The van der Waals surface area contributed by atoms with Crippen LogP contribution in [0, 0.1) is 6.92 Å². The van der Waals surface area contributed by atoms with Crippen LogP contribution in [0.3, 0.4) is 0 Å². The monoisotopic (exact) mass is 422 g/mol. The maximum atomic E-state index is 13.2. The second-order valence-corrected chi connectivity index (χ2v) is 7.86. The molecule has 30 heavy (non-hydrogen) atoms. The molecule has 1 amide bonds. The minimum atomic E-state index is -0.234. The van der Waals surface area contributed by atoms with Crippen LogP contribution in [-0.4, -0.2) is 31.9 Å². The first-order chi connectivity index (χ1) is 14.5. The van der Waals surface area contributed by atoms with E-state index < -0.39 is 0 Å². The molecule has 154 valence electrons.